The molecular weight excluding hydrogens is 264 g/mol. The molecule has 116 valence electrons. The fourth-order valence-corrected chi connectivity index (χ4v) is 3.04. The van der Waals surface area contributed by atoms with Crippen LogP contribution in [-0.2, 0) is 0 Å². The summed E-state index contributed by atoms with van der Waals surface area (Å²) in [5, 5.41) is 0. The number of ether oxygens (including phenoxy) is 1. The highest BCUT2D eigenvalue weighted by Crippen LogP contribution is 2.22. The van der Waals surface area contributed by atoms with Gasteiger partial charge in [-0.05, 0) is 44.5 Å². The van der Waals surface area contributed by atoms with Gasteiger partial charge >= 0.3 is 0 Å². The molecule has 1 amide bonds. The molecule has 0 spiro atoms. The summed E-state index contributed by atoms with van der Waals surface area (Å²) in [6.07, 6.45) is 1.07. The molecule has 1 aliphatic heterocycles. The van der Waals surface area contributed by atoms with E-state index >= 15 is 0 Å². The highest BCUT2D eigenvalue weighted by molar-refractivity contribution is 5.95. The fourth-order valence-electron chi connectivity index (χ4n) is 3.04. The summed E-state index contributed by atoms with van der Waals surface area (Å²) in [6, 6.07) is 6.03. The lowest BCUT2D eigenvalue weighted by Crippen LogP contribution is -2.41. The summed E-state index contributed by atoms with van der Waals surface area (Å²) < 4.78 is 5.33. The van der Waals surface area contributed by atoms with E-state index in [1.807, 2.05) is 30.0 Å². The van der Waals surface area contributed by atoms with Crippen LogP contribution in [0.3, 0.4) is 0 Å². The molecule has 1 heterocycles. The van der Waals surface area contributed by atoms with Crippen LogP contribution in [0.5, 0.6) is 5.75 Å². The van der Waals surface area contributed by atoms with Gasteiger partial charge in [-0.2, -0.15) is 0 Å². The van der Waals surface area contributed by atoms with Crippen molar-refractivity contribution in [3.05, 3.63) is 29.3 Å². The van der Waals surface area contributed by atoms with Gasteiger partial charge in [0.05, 0.1) is 7.11 Å². The molecule has 21 heavy (non-hydrogen) atoms. The molecule has 0 aromatic heterocycles. The van der Waals surface area contributed by atoms with E-state index in [1.165, 1.54) is 0 Å². The Morgan fingerprint density at radius 3 is 2.76 bits per heavy atom. The molecular formula is C17H26N2O2. The Kier molecular flexibility index (Phi) is 5.23. The molecule has 1 atom stereocenters. The van der Waals surface area contributed by atoms with Gasteiger partial charge in [0.2, 0.25) is 0 Å². The lowest BCUT2D eigenvalue weighted by Gasteiger charge is -2.28. The number of methoxy groups -OCH3 is 1. The minimum absolute atomic E-state index is 0.110. The maximum absolute atomic E-state index is 12.8. The number of aryl methyl sites for hydroxylation is 1. The van der Waals surface area contributed by atoms with Crippen LogP contribution in [0.2, 0.25) is 0 Å². The van der Waals surface area contributed by atoms with Gasteiger partial charge in [-0.25, -0.2) is 0 Å². The van der Waals surface area contributed by atoms with E-state index in [0.29, 0.717) is 11.6 Å². The number of amides is 1. The first-order valence-electron chi connectivity index (χ1n) is 7.78. The molecule has 1 aliphatic rings. The lowest BCUT2D eigenvalue weighted by molar-refractivity contribution is 0.0694. The number of likely N-dealkylation sites (N-methyl/N-ethyl adjacent to an activating group) is 2. The van der Waals surface area contributed by atoms with Crippen LogP contribution in [0.25, 0.3) is 0 Å². The SMILES string of the molecule is CCN1CCC(N(CC)C(=O)c2ccc(C)c(OC)c2)C1. The van der Waals surface area contributed by atoms with Gasteiger partial charge < -0.3 is 14.5 Å². The normalized spacial score (nSPS) is 18.8. The number of hydrogen-bond acceptors (Lipinski definition) is 3. The van der Waals surface area contributed by atoms with Crippen LogP contribution in [0.15, 0.2) is 18.2 Å². The van der Waals surface area contributed by atoms with Crippen molar-refractivity contribution in [2.24, 2.45) is 0 Å². The summed E-state index contributed by atoms with van der Waals surface area (Å²) in [6.45, 7) is 10.1. The quantitative estimate of drug-likeness (QED) is 0.835. The van der Waals surface area contributed by atoms with E-state index in [1.54, 1.807) is 7.11 Å². The van der Waals surface area contributed by atoms with Gasteiger partial charge in [-0.1, -0.05) is 13.0 Å². The standard InChI is InChI=1S/C17H26N2O2/c1-5-18-10-9-15(12-18)19(6-2)17(20)14-8-7-13(3)16(11-14)21-4/h7-8,11,15H,5-6,9-10,12H2,1-4H3. The monoisotopic (exact) mass is 290 g/mol. The van der Waals surface area contributed by atoms with Crippen LogP contribution in [-0.4, -0.2) is 55.0 Å². The number of likely N-dealkylation sites (tertiary alicyclic amines) is 1. The Morgan fingerprint density at radius 2 is 2.19 bits per heavy atom. The average molecular weight is 290 g/mol. The molecule has 1 saturated heterocycles. The van der Waals surface area contributed by atoms with Gasteiger partial charge in [0.1, 0.15) is 5.75 Å². The van der Waals surface area contributed by atoms with E-state index in [2.05, 4.69) is 18.7 Å². The molecule has 0 radical (unpaired) electrons. The Bertz CT molecular complexity index is 502. The van der Waals surface area contributed by atoms with Gasteiger partial charge in [0, 0.05) is 31.2 Å². The smallest absolute Gasteiger partial charge is 0.254 e. The molecule has 0 bridgehead atoms. The van der Waals surface area contributed by atoms with E-state index < -0.39 is 0 Å². The molecule has 1 fully saturated rings. The molecule has 1 aromatic carbocycles. The molecule has 0 aliphatic carbocycles. The summed E-state index contributed by atoms with van der Waals surface area (Å²) in [5.41, 5.74) is 1.77. The average Bonchev–Trinajstić information content (AvgIpc) is 2.97. The van der Waals surface area contributed by atoms with Gasteiger partial charge in [-0.3, -0.25) is 4.79 Å². The Labute approximate surface area is 127 Å². The van der Waals surface area contributed by atoms with E-state index in [-0.39, 0.29) is 5.91 Å². The Hall–Kier alpha value is -1.55. The molecule has 0 N–H and O–H groups in total. The second kappa shape index (κ2) is 6.94. The zero-order chi connectivity index (χ0) is 15.4. The molecule has 1 unspecified atom stereocenters. The van der Waals surface area contributed by atoms with Crippen LogP contribution in [0.1, 0.15) is 36.2 Å². The molecule has 4 nitrogen and oxygen atoms in total. The van der Waals surface area contributed by atoms with E-state index in [9.17, 15) is 4.79 Å². The zero-order valence-corrected chi connectivity index (χ0v) is 13.6. The molecule has 2 rings (SSSR count). The van der Waals surface area contributed by atoms with Crippen LogP contribution in [0.4, 0.5) is 0 Å². The summed E-state index contributed by atoms with van der Waals surface area (Å²) in [7, 11) is 1.64. The maximum Gasteiger partial charge on any atom is 0.254 e. The number of nitrogens with zero attached hydrogens (tertiary/aromatic N) is 2. The first-order chi connectivity index (χ1) is 10.1. The van der Waals surface area contributed by atoms with E-state index in [4.69, 9.17) is 4.74 Å². The molecule has 1 aromatic rings. The second-order valence-corrected chi connectivity index (χ2v) is 5.61. The predicted molar refractivity (Wildman–Crippen MR) is 85.0 cm³/mol. The Morgan fingerprint density at radius 1 is 1.43 bits per heavy atom. The van der Waals surface area contributed by atoms with Crippen molar-refractivity contribution in [2.45, 2.75) is 33.2 Å². The van der Waals surface area contributed by atoms with Gasteiger partial charge in [0.15, 0.2) is 0 Å². The summed E-state index contributed by atoms with van der Waals surface area (Å²) in [4.78, 5) is 17.2. The van der Waals surface area contributed by atoms with Crippen molar-refractivity contribution in [2.75, 3.05) is 33.3 Å². The number of carbonyl (C=O) groups is 1. The summed E-state index contributed by atoms with van der Waals surface area (Å²) in [5.74, 6) is 0.886. The van der Waals surface area contributed by atoms with Crippen LogP contribution in [0, 0.1) is 6.92 Å². The van der Waals surface area contributed by atoms with Crippen LogP contribution < -0.4 is 4.74 Å². The lowest BCUT2D eigenvalue weighted by atomic mass is 10.1. The van der Waals surface area contributed by atoms with Crippen molar-refractivity contribution in [3.8, 4) is 5.75 Å². The van der Waals surface area contributed by atoms with Crippen molar-refractivity contribution in [3.63, 3.8) is 0 Å². The third kappa shape index (κ3) is 3.38. The fraction of sp³-hybridized carbons (Fsp3) is 0.588. The number of hydrogen-bond donors (Lipinski definition) is 0. The summed E-state index contributed by atoms with van der Waals surface area (Å²) >= 11 is 0. The third-order valence-electron chi connectivity index (χ3n) is 4.39. The third-order valence-corrected chi connectivity index (χ3v) is 4.39. The number of benzene rings is 1. The van der Waals surface area contributed by atoms with Crippen molar-refractivity contribution in [1.29, 1.82) is 0 Å². The van der Waals surface area contributed by atoms with Crippen molar-refractivity contribution in [1.82, 2.24) is 9.80 Å². The zero-order valence-electron chi connectivity index (χ0n) is 13.6. The largest absolute Gasteiger partial charge is 0.496 e. The first kappa shape index (κ1) is 15.8. The van der Waals surface area contributed by atoms with Gasteiger partial charge in [0.25, 0.3) is 5.91 Å². The highest BCUT2D eigenvalue weighted by atomic mass is 16.5. The number of rotatable bonds is 5. The van der Waals surface area contributed by atoms with E-state index in [0.717, 1.165) is 43.9 Å². The predicted octanol–water partition coefficient (Wildman–Crippen LogP) is 2.56. The van der Waals surface area contributed by atoms with Crippen molar-refractivity contribution < 1.29 is 9.53 Å². The minimum atomic E-state index is 0.110. The number of carbonyl (C=O) groups excluding carboxylic acids is 1. The minimum Gasteiger partial charge on any atom is -0.496 e. The maximum atomic E-state index is 12.8. The topological polar surface area (TPSA) is 32.8 Å². The van der Waals surface area contributed by atoms with Crippen molar-refractivity contribution >= 4 is 5.91 Å². The highest BCUT2D eigenvalue weighted by Gasteiger charge is 2.29. The molecule has 4 heteroatoms. The second-order valence-electron chi connectivity index (χ2n) is 5.61. The first-order valence-corrected chi connectivity index (χ1v) is 7.78. The van der Waals surface area contributed by atoms with Gasteiger partial charge in [-0.15, -0.1) is 0 Å². The molecule has 0 saturated carbocycles. The van der Waals surface area contributed by atoms with Crippen LogP contribution >= 0.6 is 0 Å². The Balaban J connectivity index is 2.17.